The summed E-state index contributed by atoms with van der Waals surface area (Å²) in [6.45, 7) is 3.62. The minimum absolute atomic E-state index is 0.0394. The van der Waals surface area contributed by atoms with Crippen LogP contribution in [0.1, 0.15) is 19.5 Å². The number of ether oxygens (including phenoxy) is 2. The van der Waals surface area contributed by atoms with E-state index in [1.54, 1.807) is 13.8 Å². The summed E-state index contributed by atoms with van der Waals surface area (Å²) in [6.07, 6.45) is -4.86. The van der Waals surface area contributed by atoms with Gasteiger partial charge in [-0.1, -0.05) is 5.16 Å². The summed E-state index contributed by atoms with van der Waals surface area (Å²) in [4.78, 5) is 20.5. The average molecular weight is 482 g/mol. The van der Waals surface area contributed by atoms with Gasteiger partial charge in [-0.05, 0) is 35.8 Å². The Morgan fingerprint density at radius 1 is 1.24 bits per heavy atom. The predicted molar refractivity (Wildman–Crippen MR) is 99.3 cm³/mol. The van der Waals surface area contributed by atoms with Gasteiger partial charge in [0.15, 0.2) is 12.3 Å². The Bertz CT molecular complexity index is 972. The van der Waals surface area contributed by atoms with Gasteiger partial charge in [0.2, 0.25) is 0 Å². The van der Waals surface area contributed by atoms with Gasteiger partial charge in [-0.15, -0.1) is 0 Å². The van der Waals surface area contributed by atoms with Crippen molar-refractivity contribution in [2.75, 3.05) is 20.3 Å². The van der Waals surface area contributed by atoms with Crippen molar-refractivity contribution in [2.45, 2.75) is 20.0 Å². The molecule has 2 rings (SSSR count). The van der Waals surface area contributed by atoms with E-state index in [-0.39, 0.29) is 29.5 Å². The van der Waals surface area contributed by atoms with Crippen LogP contribution in [-0.4, -0.2) is 35.6 Å². The van der Waals surface area contributed by atoms with Crippen molar-refractivity contribution in [1.82, 2.24) is 9.55 Å². The summed E-state index contributed by atoms with van der Waals surface area (Å²) in [6, 6.07) is 1.66. The molecule has 1 aromatic carbocycles. The second-order valence-electron chi connectivity index (χ2n) is 5.75. The first-order valence-electron chi connectivity index (χ1n) is 8.05. The van der Waals surface area contributed by atoms with Crippen LogP contribution in [0.4, 0.5) is 17.6 Å². The van der Waals surface area contributed by atoms with E-state index in [0.717, 1.165) is 19.2 Å². The van der Waals surface area contributed by atoms with Crippen LogP contribution in [0.15, 0.2) is 32.6 Å². The number of hydrogen-bond donors (Lipinski definition) is 0. The van der Waals surface area contributed by atoms with E-state index in [1.165, 1.54) is 0 Å². The third-order valence-electron chi connectivity index (χ3n) is 3.28. The van der Waals surface area contributed by atoms with Gasteiger partial charge in [-0.25, -0.2) is 8.96 Å². The average Bonchev–Trinajstić information content (AvgIpc) is 2.61. The van der Waals surface area contributed by atoms with Crippen molar-refractivity contribution in [2.24, 2.45) is 5.16 Å². The molecule has 158 valence electrons. The van der Waals surface area contributed by atoms with Crippen LogP contribution >= 0.6 is 15.9 Å². The zero-order chi connectivity index (χ0) is 21.8. The van der Waals surface area contributed by atoms with E-state index in [1.807, 2.05) is 0 Å². The summed E-state index contributed by atoms with van der Waals surface area (Å²) < 4.78 is 64.2. The second-order valence-corrected chi connectivity index (χ2v) is 6.61. The lowest BCUT2D eigenvalue weighted by molar-refractivity contribution is -0.141. The van der Waals surface area contributed by atoms with Crippen molar-refractivity contribution >= 4 is 21.6 Å². The van der Waals surface area contributed by atoms with Crippen molar-refractivity contribution < 1.29 is 31.9 Å². The van der Waals surface area contributed by atoms with Crippen LogP contribution in [0.5, 0.6) is 11.8 Å². The smallest absolute Gasteiger partial charge is 0.433 e. The normalized spacial score (nSPS) is 11.2. The highest BCUT2D eigenvalue weighted by Gasteiger charge is 2.34. The highest BCUT2D eigenvalue weighted by molar-refractivity contribution is 9.10. The molecule has 0 saturated carbocycles. The number of methoxy groups -OCH3 is 1. The fraction of sp³-hybridized carbons (Fsp3) is 0.353. The van der Waals surface area contributed by atoms with Gasteiger partial charge >= 0.3 is 12.2 Å². The molecule has 7 nitrogen and oxygen atoms in total. The topological polar surface area (TPSA) is 74.9 Å². The van der Waals surface area contributed by atoms with E-state index in [9.17, 15) is 22.4 Å². The Hall–Kier alpha value is -2.63. The lowest BCUT2D eigenvalue weighted by Gasteiger charge is -2.15. The maximum absolute atomic E-state index is 14.5. The molecule has 0 aliphatic heterocycles. The van der Waals surface area contributed by atoms with Crippen molar-refractivity contribution in [3.63, 3.8) is 0 Å². The van der Waals surface area contributed by atoms with Crippen LogP contribution in [0.25, 0.3) is 5.69 Å². The number of hydrogen-bond acceptors (Lipinski definition) is 6. The lowest BCUT2D eigenvalue weighted by Crippen LogP contribution is -2.25. The SMILES string of the molecule is COc1nc(C(F)(F)F)cc(=O)n1-c1cc(OCCON=C(C)C)c(Br)cc1F. The summed E-state index contributed by atoms with van der Waals surface area (Å²) in [7, 11) is 1.01. The number of benzene rings is 1. The standard InChI is InChI=1S/C17H16BrF4N3O4/c1-9(2)24-29-5-4-28-13-7-12(11(19)6-10(13)18)25-15(26)8-14(17(20,21)22)23-16(25)27-3/h6-8H,4-5H2,1-3H3. The Kier molecular flexibility index (Phi) is 7.22. The Morgan fingerprint density at radius 3 is 2.52 bits per heavy atom. The van der Waals surface area contributed by atoms with Gasteiger partial charge in [0, 0.05) is 12.1 Å². The molecule has 1 aromatic heterocycles. The quantitative estimate of drug-likeness (QED) is 0.259. The molecule has 0 unspecified atom stereocenters. The molecule has 0 amide bonds. The van der Waals surface area contributed by atoms with Crippen LogP contribution in [0.2, 0.25) is 0 Å². The third kappa shape index (κ3) is 5.68. The molecule has 0 bridgehead atoms. The first-order chi connectivity index (χ1) is 13.5. The molecule has 0 saturated heterocycles. The monoisotopic (exact) mass is 481 g/mol. The molecule has 12 heteroatoms. The molecular formula is C17H16BrF4N3O4. The second kappa shape index (κ2) is 9.25. The maximum Gasteiger partial charge on any atom is 0.433 e. The van der Waals surface area contributed by atoms with Gasteiger partial charge < -0.3 is 14.3 Å². The first kappa shape index (κ1) is 22.7. The van der Waals surface area contributed by atoms with Crippen molar-refractivity contribution in [3.05, 3.63) is 44.5 Å². The fourth-order valence-corrected chi connectivity index (χ4v) is 2.56. The number of aromatic nitrogens is 2. The summed E-state index contributed by atoms with van der Waals surface area (Å²) in [5.41, 5.74) is -2.31. The van der Waals surface area contributed by atoms with Crippen LogP contribution < -0.4 is 15.0 Å². The number of nitrogens with zero attached hydrogens (tertiary/aromatic N) is 3. The molecule has 0 atom stereocenters. The predicted octanol–water partition coefficient (Wildman–Crippen LogP) is 3.95. The largest absolute Gasteiger partial charge is 0.489 e. The minimum atomic E-state index is -4.86. The Morgan fingerprint density at radius 2 is 1.93 bits per heavy atom. The van der Waals surface area contributed by atoms with Crippen molar-refractivity contribution in [1.29, 1.82) is 0 Å². The molecule has 0 spiro atoms. The minimum Gasteiger partial charge on any atom is -0.489 e. The molecule has 0 aliphatic rings. The lowest BCUT2D eigenvalue weighted by atomic mass is 10.2. The van der Waals surface area contributed by atoms with E-state index < -0.39 is 34.9 Å². The molecule has 0 radical (unpaired) electrons. The number of rotatable bonds is 7. The fourth-order valence-electron chi connectivity index (χ4n) is 2.13. The van der Waals surface area contributed by atoms with Gasteiger partial charge in [0.1, 0.15) is 18.2 Å². The van der Waals surface area contributed by atoms with Gasteiger partial charge in [-0.3, -0.25) is 4.79 Å². The molecule has 1 heterocycles. The molecular weight excluding hydrogens is 466 g/mol. The van der Waals surface area contributed by atoms with Gasteiger partial charge in [0.25, 0.3) is 5.56 Å². The van der Waals surface area contributed by atoms with E-state index >= 15 is 0 Å². The first-order valence-corrected chi connectivity index (χ1v) is 8.84. The Balaban J connectivity index is 2.42. The Labute approximate surface area is 171 Å². The van der Waals surface area contributed by atoms with E-state index in [0.29, 0.717) is 10.3 Å². The third-order valence-corrected chi connectivity index (χ3v) is 3.90. The zero-order valence-corrected chi connectivity index (χ0v) is 17.1. The van der Waals surface area contributed by atoms with Crippen LogP contribution in [-0.2, 0) is 11.0 Å². The molecule has 0 aliphatic carbocycles. The number of halogens is 5. The number of oxime groups is 1. The summed E-state index contributed by atoms with van der Waals surface area (Å²) >= 11 is 3.12. The van der Waals surface area contributed by atoms with E-state index in [2.05, 4.69) is 26.1 Å². The van der Waals surface area contributed by atoms with Gasteiger partial charge in [-0.2, -0.15) is 18.2 Å². The molecule has 0 fully saturated rings. The maximum atomic E-state index is 14.5. The van der Waals surface area contributed by atoms with Crippen LogP contribution in [0, 0.1) is 5.82 Å². The summed E-state index contributed by atoms with van der Waals surface area (Å²) in [5, 5.41) is 3.72. The van der Waals surface area contributed by atoms with Crippen molar-refractivity contribution in [3.8, 4) is 17.4 Å². The van der Waals surface area contributed by atoms with Crippen LogP contribution in [0.3, 0.4) is 0 Å². The zero-order valence-electron chi connectivity index (χ0n) is 15.5. The molecule has 0 N–H and O–H groups in total. The molecule has 2 aromatic rings. The highest BCUT2D eigenvalue weighted by atomic mass is 79.9. The molecule has 29 heavy (non-hydrogen) atoms. The number of alkyl halides is 3. The van der Waals surface area contributed by atoms with Gasteiger partial charge in [0.05, 0.1) is 23.0 Å². The highest BCUT2D eigenvalue weighted by Crippen LogP contribution is 2.32. The summed E-state index contributed by atoms with van der Waals surface area (Å²) in [5.74, 6) is -0.787. The van der Waals surface area contributed by atoms with E-state index in [4.69, 9.17) is 14.3 Å².